The second-order valence-corrected chi connectivity index (χ2v) is 10.7. The Morgan fingerprint density at radius 2 is 0.891 bits per heavy atom. The van der Waals surface area contributed by atoms with Gasteiger partial charge in [0.05, 0.1) is 110 Å². The summed E-state index contributed by atoms with van der Waals surface area (Å²) in [6.07, 6.45) is 8.75. The molecule has 0 radical (unpaired) electrons. The van der Waals surface area contributed by atoms with E-state index < -0.39 is 0 Å². The Labute approximate surface area is 274 Å². The number of unbranched alkanes of at least 4 members (excludes halogenated alkanes) is 6. The summed E-state index contributed by atoms with van der Waals surface area (Å²) in [5.41, 5.74) is 0.883. The predicted octanol–water partition coefficient (Wildman–Crippen LogP) is 4.08. The number of hydrogen-bond acceptors (Lipinski definition) is 11. The summed E-state index contributed by atoms with van der Waals surface area (Å²) >= 11 is 0. The number of amides is 2. The smallest absolute Gasteiger partial charge is 0.305 e. The molecule has 262 valence electrons. The lowest BCUT2D eigenvalue weighted by molar-refractivity contribution is -0.145. The van der Waals surface area contributed by atoms with Gasteiger partial charge in [-0.05, 0) is 18.6 Å². The number of imide groups is 1. The van der Waals surface area contributed by atoms with Gasteiger partial charge in [0.2, 0.25) is 0 Å². The summed E-state index contributed by atoms with van der Waals surface area (Å²) in [5, 5.41) is 0. The zero-order chi connectivity index (χ0) is 32.9. The number of hydrogen-bond donors (Lipinski definition) is 0. The molecule has 1 heterocycles. The Kier molecular flexibility index (Phi) is 23.9. The third-order valence-electron chi connectivity index (χ3n) is 7.04. The summed E-state index contributed by atoms with van der Waals surface area (Å²) in [7, 11) is 0. The van der Waals surface area contributed by atoms with Crippen LogP contribution < -0.4 is 0 Å². The number of carbonyl (C=O) groups is 3. The van der Waals surface area contributed by atoms with Gasteiger partial charge in [0, 0.05) is 6.42 Å². The lowest BCUT2D eigenvalue weighted by Crippen LogP contribution is -2.33. The average Bonchev–Trinajstić information content (AvgIpc) is 3.31. The molecule has 0 aromatic heterocycles. The molecular weight excluding hydrogens is 598 g/mol. The predicted molar refractivity (Wildman–Crippen MR) is 171 cm³/mol. The lowest BCUT2D eigenvalue weighted by atomic mass is 10.1. The van der Waals surface area contributed by atoms with Crippen LogP contribution in [0.2, 0.25) is 0 Å². The van der Waals surface area contributed by atoms with E-state index in [1.54, 1.807) is 24.3 Å². The molecule has 0 fully saturated rings. The van der Waals surface area contributed by atoms with Crippen molar-refractivity contribution in [2.45, 2.75) is 58.3 Å². The van der Waals surface area contributed by atoms with Gasteiger partial charge in [0.25, 0.3) is 11.8 Å². The van der Waals surface area contributed by atoms with Crippen LogP contribution in [-0.2, 0) is 42.7 Å². The van der Waals surface area contributed by atoms with Crippen molar-refractivity contribution < 1.29 is 52.3 Å². The molecule has 1 aromatic rings. The standard InChI is InChI=1S/C34H55NO11/c1-2-3-4-5-6-7-8-13-32(36)46-29-28-45-27-26-44-25-24-43-23-22-42-21-20-41-19-18-40-17-16-39-15-14-35-33(37)30-11-9-10-12-31(30)34(35)38/h9-12H,2-8,13-29H2,1H3. The fourth-order valence-corrected chi connectivity index (χ4v) is 4.53. The second kappa shape index (κ2) is 27.6. The Bertz CT molecular complexity index is 910. The Hall–Kier alpha value is -2.45. The van der Waals surface area contributed by atoms with Gasteiger partial charge in [-0.3, -0.25) is 19.3 Å². The van der Waals surface area contributed by atoms with E-state index in [1.165, 1.54) is 37.0 Å². The van der Waals surface area contributed by atoms with Crippen LogP contribution in [0.1, 0.15) is 79.0 Å². The fraction of sp³-hybridized carbons (Fsp3) is 0.735. The maximum absolute atomic E-state index is 12.3. The highest BCUT2D eigenvalue weighted by Gasteiger charge is 2.34. The maximum atomic E-state index is 12.3. The molecule has 0 N–H and O–H groups in total. The first-order chi connectivity index (χ1) is 22.6. The van der Waals surface area contributed by atoms with Gasteiger partial charge in [0.1, 0.15) is 6.61 Å². The molecule has 2 rings (SSSR count). The number of nitrogens with zero attached hydrogens (tertiary/aromatic N) is 1. The third kappa shape index (κ3) is 18.6. The zero-order valence-corrected chi connectivity index (χ0v) is 27.7. The highest BCUT2D eigenvalue weighted by Crippen LogP contribution is 2.21. The molecule has 0 unspecified atom stereocenters. The molecule has 0 bridgehead atoms. The Balaban J connectivity index is 1.21. The van der Waals surface area contributed by atoms with Gasteiger partial charge in [-0.1, -0.05) is 57.6 Å². The Morgan fingerprint density at radius 1 is 0.522 bits per heavy atom. The van der Waals surface area contributed by atoms with E-state index in [0.717, 1.165) is 12.8 Å². The summed E-state index contributed by atoms with van der Waals surface area (Å²) in [5.74, 6) is -0.705. The summed E-state index contributed by atoms with van der Waals surface area (Å²) < 4.78 is 43.4. The molecule has 12 heteroatoms. The van der Waals surface area contributed by atoms with Gasteiger partial charge in [-0.2, -0.15) is 0 Å². The average molecular weight is 654 g/mol. The van der Waals surface area contributed by atoms with E-state index in [2.05, 4.69) is 6.92 Å². The maximum Gasteiger partial charge on any atom is 0.305 e. The SMILES string of the molecule is CCCCCCCCCC(=O)OCCOCCOCCOCCOCCOCCOCCOCCN1C(=O)c2ccccc2C1=O. The minimum atomic E-state index is -0.278. The monoisotopic (exact) mass is 653 g/mol. The molecule has 0 aliphatic carbocycles. The van der Waals surface area contributed by atoms with Crippen molar-refractivity contribution in [3.05, 3.63) is 35.4 Å². The van der Waals surface area contributed by atoms with E-state index >= 15 is 0 Å². The van der Waals surface area contributed by atoms with Crippen molar-refractivity contribution in [1.82, 2.24) is 4.90 Å². The van der Waals surface area contributed by atoms with Gasteiger partial charge >= 0.3 is 5.97 Å². The molecule has 0 spiro atoms. The van der Waals surface area contributed by atoms with E-state index in [9.17, 15) is 14.4 Å². The van der Waals surface area contributed by atoms with E-state index in [-0.39, 0.29) is 37.5 Å². The molecule has 0 saturated carbocycles. The van der Waals surface area contributed by atoms with Crippen molar-refractivity contribution in [2.75, 3.05) is 106 Å². The van der Waals surface area contributed by atoms with Crippen LogP contribution in [0.3, 0.4) is 0 Å². The minimum absolute atomic E-state index is 0.148. The van der Waals surface area contributed by atoms with Gasteiger partial charge in [-0.25, -0.2) is 0 Å². The van der Waals surface area contributed by atoms with Crippen molar-refractivity contribution in [3.63, 3.8) is 0 Å². The number of esters is 1. The molecule has 1 aliphatic heterocycles. The molecular formula is C34H55NO11. The van der Waals surface area contributed by atoms with Crippen LogP contribution in [0.4, 0.5) is 0 Å². The first-order valence-electron chi connectivity index (χ1n) is 16.8. The van der Waals surface area contributed by atoms with Gasteiger partial charge in [-0.15, -0.1) is 0 Å². The van der Waals surface area contributed by atoms with Gasteiger partial charge in [0.15, 0.2) is 0 Å². The van der Waals surface area contributed by atoms with Crippen LogP contribution in [0.25, 0.3) is 0 Å². The van der Waals surface area contributed by atoms with E-state index in [4.69, 9.17) is 37.9 Å². The number of fused-ring (bicyclic) bond motifs is 1. The molecule has 0 saturated heterocycles. The summed E-state index contributed by atoms with van der Waals surface area (Å²) in [4.78, 5) is 37.5. The van der Waals surface area contributed by atoms with Crippen LogP contribution in [0.15, 0.2) is 24.3 Å². The third-order valence-corrected chi connectivity index (χ3v) is 7.04. The molecule has 12 nitrogen and oxygen atoms in total. The highest BCUT2D eigenvalue weighted by atomic mass is 16.6. The minimum Gasteiger partial charge on any atom is -0.463 e. The van der Waals surface area contributed by atoms with Crippen molar-refractivity contribution in [1.29, 1.82) is 0 Å². The number of rotatable bonds is 32. The number of benzene rings is 1. The van der Waals surface area contributed by atoms with E-state index in [1.807, 2.05) is 0 Å². The largest absolute Gasteiger partial charge is 0.463 e. The quantitative estimate of drug-likeness (QED) is 0.0634. The lowest BCUT2D eigenvalue weighted by Gasteiger charge is -2.13. The Morgan fingerprint density at radius 3 is 1.33 bits per heavy atom. The zero-order valence-electron chi connectivity index (χ0n) is 27.7. The van der Waals surface area contributed by atoms with E-state index in [0.29, 0.717) is 103 Å². The second-order valence-electron chi connectivity index (χ2n) is 10.7. The number of ether oxygens (including phenoxy) is 8. The molecule has 0 atom stereocenters. The molecule has 46 heavy (non-hydrogen) atoms. The molecule has 2 amide bonds. The normalized spacial score (nSPS) is 12.7. The fourth-order valence-electron chi connectivity index (χ4n) is 4.53. The van der Waals surface area contributed by atoms with Crippen molar-refractivity contribution >= 4 is 17.8 Å². The molecule has 1 aliphatic rings. The highest BCUT2D eigenvalue weighted by molar-refractivity contribution is 6.21. The number of carbonyl (C=O) groups excluding carboxylic acids is 3. The first kappa shape index (κ1) is 39.7. The summed E-state index contributed by atoms with van der Waals surface area (Å²) in [6.45, 7) is 8.68. The van der Waals surface area contributed by atoms with Crippen LogP contribution in [0.5, 0.6) is 0 Å². The van der Waals surface area contributed by atoms with Gasteiger partial charge < -0.3 is 37.9 Å². The topological polar surface area (TPSA) is 128 Å². The van der Waals surface area contributed by atoms with Crippen LogP contribution in [0, 0.1) is 0 Å². The van der Waals surface area contributed by atoms with Crippen molar-refractivity contribution in [3.8, 4) is 0 Å². The first-order valence-corrected chi connectivity index (χ1v) is 16.8. The summed E-state index contributed by atoms with van der Waals surface area (Å²) in [6, 6.07) is 6.82. The molecule has 1 aromatic carbocycles. The van der Waals surface area contributed by atoms with Crippen molar-refractivity contribution in [2.24, 2.45) is 0 Å². The van der Waals surface area contributed by atoms with Crippen LogP contribution in [-0.4, -0.2) is 128 Å². The van der Waals surface area contributed by atoms with Crippen LogP contribution >= 0.6 is 0 Å².